The Morgan fingerprint density at radius 3 is 1.74 bits per heavy atom. The Bertz CT molecular complexity index is 2080. The Morgan fingerprint density at radius 1 is 0.581 bits per heavy atom. The maximum absolute atomic E-state index is 13.8. The topological polar surface area (TPSA) is 42.3 Å². The van der Waals surface area contributed by atoms with Gasteiger partial charge in [-0.25, -0.2) is 0 Å². The first-order chi connectivity index (χ1) is 20.9. The van der Waals surface area contributed by atoms with Crippen molar-refractivity contribution < 1.29 is 9.59 Å². The van der Waals surface area contributed by atoms with Crippen LogP contribution in [0, 0.1) is 0 Å². The van der Waals surface area contributed by atoms with Crippen molar-refractivity contribution in [1.82, 2.24) is 4.57 Å². The molecule has 0 fully saturated rings. The number of ketones is 2. The second-order valence-corrected chi connectivity index (χ2v) is 11.8. The number of para-hydroxylation sites is 3. The lowest BCUT2D eigenvalue weighted by atomic mass is 9.75. The molecule has 43 heavy (non-hydrogen) atoms. The van der Waals surface area contributed by atoms with E-state index in [0.717, 1.165) is 44.9 Å². The predicted octanol–water partition coefficient (Wildman–Crippen LogP) is 9.20. The summed E-state index contributed by atoms with van der Waals surface area (Å²) in [4.78, 5) is 30.0. The molecule has 2 heterocycles. The van der Waals surface area contributed by atoms with Gasteiger partial charge in [-0.15, -0.1) is 0 Å². The van der Waals surface area contributed by atoms with E-state index in [1.165, 1.54) is 5.56 Å². The summed E-state index contributed by atoms with van der Waals surface area (Å²) in [6, 6.07) is 42.7. The van der Waals surface area contributed by atoms with E-state index in [4.69, 9.17) is 0 Å². The van der Waals surface area contributed by atoms with Crippen LogP contribution in [0.5, 0.6) is 0 Å². The van der Waals surface area contributed by atoms with E-state index < -0.39 is 0 Å². The largest absolute Gasteiger partial charge is 0.296 e. The third-order valence-electron chi connectivity index (χ3n) is 8.89. The molecule has 0 saturated carbocycles. The van der Waals surface area contributed by atoms with E-state index in [1.807, 2.05) is 72.8 Å². The van der Waals surface area contributed by atoms with Gasteiger partial charge < -0.3 is 0 Å². The normalized spacial score (nSPS) is 14.9. The minimum Gasteiger partial charge on any atom is -0.296 e. The van der Waals surface area contributed by atoms with Crippen molar-refractivity contribution in [3.63, 3.8) is 0 Å². The number of carbonyl (C=O) groups excluding carboxylic acids is 2. The minimum absolute atomic E-state index is 0.193. The molecule has 0 atom stereocenters. The molecule has 1 aromatic heterocycles. The third kappa shape index (κ3) is 3.70. The van der Waals surface area contributed by atoms with Crippen LogP contribution in [0.4, 0.5) is 17.2 Å². The van der Waals surface area contributed by atoms with Crippen LogP contribution in [-0.4, -0.2) is 16.1 Å². The van der Waals surface area contributed by atoms with E-state index in [1.54, 1.807) is 6.08 Å². The summed E-state index contributed by atoms with van der Waals surface area (Å²) in [6.07, 6.45) is 1.80. The average Bonchev–Trinajstić information content (AvgIpc) is 3.53. The van der Waals surface area contributed by atoms with E-state index in [0.29, 0.717) is 11.1 Å². The van der Waals surface area contributed by atoms with Gasteiger partial charge >= 0.3 is 0 Å². The predicted molar refractivity (Wildman–Crippen MR) is 173 cm³/mol. The number of aromatic nitrogens is 1. The van der Waals surface area contributed by atoms with Gasteiger partial charge in [0.25, 0.3) is 0 Å². The molecule has 1 aliphatic carbocycles. The molecule has 0 amide bonds. The van der Waals surface area contributed by atoms with Gasteiger partial charge in [-0.1, -0.05) is 92.7 Å². The Balaban J connectivity index is 1.41. The molecule has 6 aromatic rings. The Labute approximate surface area is 250 Å². The summed E-state index contributed by atoms with van der Waals surface area (Å²) >= 11 is 0. The van der Waals surface area contributed by atoms with Crippen LogP contribution in [0.3, 0.4) is 0 Å². The third-order valence-corrected chi connectivity index (χ3v) is 8.89. The number of rotatable bonds is 3. The number of Topliss-reactive ketones (excluding diaryl/α,β-unsaturated/α-hetero) is 2. The van der Waals surface area contributed by atoms with E-state index in [-0.39, 0.29) is 22.6 Å². The van der Waals surface area contributed by atoms with Gasteiger partial charge in [0, 0.05) is 39.2 Å². The molecule has 0 unspecified atom stereocenters. The molecule has 8 rings (SSSR count). The van der Waals surface area contributed by atoms with Gasteiger partial charge in [0.1, 0.15) is 5.82 Å². The number of hydrogen-bond donors (Lipinski definition) is 0. The highest BCUT2D eigenvalue weighted by Crippen LogP contribution is 2.53. The van der Waals surface area contributed by atoms with Crippen LogP contribution in [-0.2, 0) is 5.41 Å². The lowest BCUT2D eigenvalue weighted by molar-refractivity contribution is 0.0990. The summed E-state index contributed by atoms with van der Waals surface area (Å²) in [6.45, 7) is 4.49. The van der Waals surface area contributed by atoms with Crippen LogP contribution in [0.1, 0.15) is 51.4 Å². The molecule has 206 valence electrons. The molecule has 1 aliphatic heterocycles. The van der Waals surface area contributed by atoms with Crippen LogP contribution in [0.15, 0.2) is 133 Å². The van der Waals surface area contributed by atoms with Gasteiger partial charge in [0.2, 0.25) is 0 Å². The fourth-order valence-corrected chi connectivity index (χ4v) is 6.74. The summed E-state index contributed by atoms with van der Waals surface area (Å²) in [5.74, 6) is 0.535. The highest BCUT2D eigenvalue weighted by molar-refractivity contribution is 6.42. The second-order valence-electron chi connectivity index (χ2n) is 11.8. The Hall–Kier alpha value is -5.48. The molecule has 0 spiro atoms. The summed E-state index contributed by atoms with van der Waals surface area (Å²) < 4.78 is 2.19. The summed E-state index contributed by atoms with van der Waals surface area (Å²) in [5.41, 5.74) is 7.00. The van der Waals surface area contributed by atoms with E-state index in [9.17, 15) is 9.59 Å². The lowest BCUT2D eigenvalue weighted by Crippen LogP contribution is -2.31. The lowest BCUT2D eigenvalue weighted by Gasteiger charge is -2.41. The molecule has 4 heteroatoms. The van der Waals surface area contributed by atoms with Gasteiger partial charge in [0.15, 0.2) is 11.6 Å². The number of allylic oxidation sites excluding steroid dienone is 1. The van der Waals surface area contributed by atoms with Crippen molar-refractivity contribution in [2.24, 2.45) is 0 Å². The van der Waals surface area contributed by atoms with Crippen molar-refractivity contribution >= 4 is 45.6 Å². The first kappa shape index (κ1) is 25.2. The van der Waals surface area contributed by atoms with Crippen LogP contribution >= 0.6 is 0 Å². The molecule has 4 nitrogen and oxygen atoms in total. The number of anilines is 3. The SMILES string of the molecule is CC1(C)c2ccccc2N(c2ccccc2)c2c1cc(C=C1C(=O)c3cc4ccccc4cc3C1=O)n2-c1ccccc1. The zero-order chi connectivity index (χ0) is 29.3. The monoisotopic (exact) mass is 556 g/mol. The highest BCUT2D eigenvalue weighted by Gasteiger charge is 2.41. The van der Waals surface area contributed by atoms with Crippen molar-refractivity contribution in [2.45, 2.75) is 19.3 Å². The van der Waals surface area contributed by atoms with E-state index >= 15 is 0 Å². The molecule has 5 aromatic carbocycles. The van der Waals surface area contributed by atoms with Gasteiger partial charge in [-0.3, -0.25) is 19.1 Å². The number of hydrogen-bond acceptors (Lipinski definition) is 3. The molecule has 0 N–H and O–H groups in total. The average molecular weight is 557 g/mol. The fraction of sp³-hybridized carbons (Fsp3) is 0.0769. The second kappa shape index (κ2) is 9.27. The van der Waals surface area contributed by atoms with Crippen molar-refractivity contribution in [3.8, 4) is 5.69 Å². The molecular weight excluding hydrogens is 528 g/mol. The molecule has 0 bridgehead atoms. The summed E-state index contributed by atoms with van der Waals surface area (Å²) in [7, 11) is 0. The number of benzene rings is 5. The first-order valence-electron chi connectivity index (χ1n) is 14.5. The zero-order valence-corrected chi connectivity index (χ0v) is 23.9. The van der Waals surface area contributed by atoms with Gasteiger partial charge in [-0.05, 0) is 70.9 Å². The standard InChI is InChI=1S/C39H28N2O2/c1-39(2)33-19-11-12-20-35(33)41(28-17-7-4-8-18-28)38-34(39)24-29(40(38)27-15-5-3-6-16-27)23-32-36(42)30-21-25-13-9-10-14-26(25)22-31(30)37(32)43/h3-24H,1-2H3. The van der Waals surface area contributed by atoms with Crippen molar-refractivity contribution in [1.29, 1.82) is 0 Å². The van der Waals surface area contributed by atoms with Gasteiger partial charge in [-0.2, -0.15) is 0 Å². The minimum atomic E-state index is -0.338. The first-order valence-corrected chi connectivity index (χ1v) is 14.5. The molecule has 0 saturated heterocycles. The van der Waals surface area contributed by atoms with Crippen LogP contribution < -0.4 is 4.90 Å². The maximum Gasteiger partial charge on any atom is 0.197 e. The molecular formula is C39H28N2O2. The zero-order valence-electron chi connectivity index (χ0n) is 23.9. The van der Waals surface area contributed by atoms with Crippen LogP contribution in [0.25, 0.3) is 22.5 Å². The Kier molecular flexibility index (Phi) is 5.44. The van der Waals surface area contributed by atoms with Gasteiger partial charge in [0.05, 0.1) is 11.3 Å². The molecule has 2 aliphatic rings. The van der Waals surface area contributed by atoms with Crippen LogP contribution in [0.2, 0.25) is 0 Å². The maximum atomic E-state index is 13.8. The smallest absolute Gasteiger partial charge is 0.197 e. The van der Waals surface area contributed by atoms with Crippen molar-refractivity contribution in [3.05, 3.63) is 161 Å². The van der Waals surface area contributed by atoms with Crippen molar-refractivity contribution in [2.75, 3.05) is 4.90 Å². The number of nitrogens with zero attached hydrogens (tertiary/aromatic N) is 2. The Morgan fingerprint density at radius 2 is 1.12 bits per heavy atom. The molecule has 0 radical (unpaired) electrons. The number of fused-ring (bicyclic) bond motifs is 4. The summed E-state index contributed by atoms with van der Waals surface area (Å²) in [5, 5.41) is 1.90. The van der Waals surface area contributed by atoms with E-state index in [2.05, 4.69) is 77.9 Å². The fourth-order valence-electron chi connectivity index (χ4n) is 6.74. The highest BCUT2D eigenvalue weighted by atomic mass is 16.2. The number of carbonyl (C=O) groups is 2. The quantitative estimate of drug-likeness (QED) is 0.161.